The third kappa shape index (κ3) is 3.87. The van der Waals surface area contributed by atoms with E-state index in [1.165, 1.54) is 0 Å². The molecule has 2 heterocycles. The van der Waals surface area contributed by atoms with Crippen molar-refractivity contribution < 1.29 is 9.15 Å². The summed E-state index contributed by atoms with van der Waals surface area (Å²) in [6.45, 7) is 2.34. The normalized spacial score (nSPS) is 10.7. The van der Waals surface area contributed by atoms with Crippen molar-refractivity contribution in [3.63, 3.8) is 0 Å². The predicted octanol–water partition coefficient (Wildman–Crippen LogP) is 3.80. The van der Waals surface area contributed by atoms with Gasteiger partial charge in [0.15, 0.2) is 0 Å². The van der Waals surface area contributed by atoms with Gasteiger partial charge >= 0.3 is 6.01 Å². The molecule has 5 nitrogen and oxygen atoms in total. The van der Waals surface area contributed by atoms with Crippen molar-refractivity contribution in [2.45, 2.75) is 19.2 Å². The fraction of sp³-hybridized carbons (Fsp3) is 0.235. The lowest BCUT2D eigenvalue weighted by molar-refractivity contribution is 0.294. The smallest absolute Gasteiger partial charge is 0.316 e. The Labute approximate surface area is 139 Å². The Hall–Kier alpha value is -2.40. The van der Waals surface area contributed by atoms with Crippen LogP contribution in [0.2, 0.25) is 0 Å². The van der Waals surface area contributed by atoms with Crippen LogP contribution in [-0.4, -0.2) is 21.6 Å². The Bertz CT molecular complexity index is 757. The standard InChI is InChI=1S/C17H16ClN3O2/c1-12-15(21-16(23-12)14-5-3-2-4-6-14)7-8-22-17-19-10-13(9-18)11-20-17/h2-6,10-11H,7-9H2,1H3. The summed E-state index contributed by atoms with van der Waals surface area (Å²) in [7, 11) is 0. The second-order valence-corrected chi connectivity index (χ2v) is 5.26. The van der Waals surface area contributed by atoms with Crippen LogP contribution in [0.15, 0.2) is 47.1 Å². The van der Waals surface area contributed by atoms with Gasteiger partial charge in [-0.15, -0.1) is 11.6 Å². The van der Waals surface area contributed by atoms with Gasteiger partial charge in [0.25, 0.3) is 0 Å². The Morgan fingerprint density at radius 1 is 1.13 bits per heavy atom. The van der Waals surface area contributed by atoms with E-state index in [1.807, 2.05) is 37.3 Å². The van der Waals surface area contributed by atoms with Crippen LogP contribution in [0.3, 0.4) is 0 Å². The van der Waals surface area contributed by atoms with Crippen LogP contribution in [0, 0.1) is 6.92 Å². The highest BCUT2D eigenvalue weighted by atomic mass is 35.5. The molecule has 0 radical (unpaired) electrons. The van der Waals surface area contributed by atoms with E-state index in [0.717, 1.165) is 22.6 Å². The van der Waals surface area contributed by atoms with Gasteiger partial charge in [0, 0.05) is 29.9 Å². The maximum atomic E-state index is 5.72. The number of ether oxygens (including phenoxy) is 1. The fourth-order valence-electron chi connectivity index (χ4n) is 2.09. The molecule has 0 fully saturated rings. The predicted molar refractivity (Wildman–Crippen MR) is 87.5 cm³/mol. The summed E-state index contributed by atoms with van der Waals surface area (Å²) < 4.78 is 11.3. The van der Waals surface area contributed by atoms with Gasteiger partial charge < -0.3 is 9.15 Å². The molecule has 0 aliphatic heterocycles. The van der Waals surface area contributed by atoms with Crippen molar-refractivity contribution in [3.8, 4) is 17.5 Å². The van der Waals surface area contributed by atoms with E-state index < -0.39 is 0 Å². The number of aromatic nitrogens is 3. The Balaban J connectivity index is 1.61. The van der Waals surface area contributed by atoms with Crippen LogP contribution in [-0.2, 0) is 12.3 Å². The van der Waals surface area contributed by atoms with Crippen LogP contribution in [0.4, 0.5) is 0 Å². The zero-order valence-corrected chi connectivity index (χ0v) is 13.5. The molecule has 118 valence electrons. The molecule has 3 rings (SSSR count). The highest BCUT2D eigenvalue weighted by Crippen LogP contribution is 2.21. The van der Waals surface area contributed by atoms with Crippen molar-refractivity contribution in [1.29, 1.82) is 0 Å². The number of hydrogen-bond donors (Lipinski definition) is 0. The molecular weight excluding hydrogens is 314 g/mol. The minimum absolute atomic E-state index is 0.336. The first-order chi connectivity index (χ1) is 11.3. The minimum Gasteiger partial charge on any atom is -0.463 e. The molecule has 0 aliphatic carbocycles. The van der Waals surface area contributed by atoms with Crippen molar-refractivity contribution in [3.05, 3.63) is 59.7 Å². The quantitative estimate of drug-likeness (QED) is 0.644. The SMILES string of the molecule is Cc1oc(-c2ccccc2)nc1CCOc1ncc(CCl)cn1. The molecule has 0 aliphatic rings. The molecule has 0 saturated carbocycles. The lowest BCUT2D eigenvalue weighted by atomic mass is 10.2. The second kappa shape index (κ2) is 7.24. The number of aryl methyl sites for hydroxylation is 1. The first kappa shape index (κ1) is 15.5. The molecule has 2 aromatic heterocycles. The molecule has 6 heteroatoms. The summed E-state index contributed by atoms with van der Waals surface area (Å²) >= 11 is 5.69. The molecular formula is C17H16ClN3O2. The first-order valence-electron chi connectivity index (χ1n) is 7.27. The largest absolute Gasteiger partial charge is 0.463 e. The van der Waals surface area contributed by atoms with E-state index in [0.29, 0.717) is 30.8 Å². The molecule has 0 spiro atoms. The van der Waals surface area contributed by atoms with Gasteiger partial charge in [-0.1, -0.05) is 18.2 Å². The molecule has 23 heavy (non-hydrogen) atoms. The van der Waals surface area contributed by atoms with Crippen LogP contribution in [0.1, 0.15) is 17.0 Å². The van der Waals surface area contributed by atoms with Gasteiger partial charge in [0.2, 0.25) is 5.89 Å². The average Bonchev–Trinajstić information content (AvgIpc) is 2.97. The zero-order valence-electron chi connectivity index (χ0n) is 12.7. The average molecular weight is 330 g/mol. The minimum atomic E-state index is 0.336. The van der Waals surface area contributed by atoms with E-state index in [-0.39, 0.29) is 0 Å². The van der Waals surface area contributed by atoms with E-state index in [4.69, 9.17) is 20.8 Å². The zero-order chi connectivity index (χ0) is 16.1. The number of nitrogens with zero attached hydrogens (tertiary/aromatic N) is 3. The van der Waals surface area contributed by atoms with Crippen LogP contribution < -0.4 is 4.74 Å². The Morgan fingerprint density at radius 3 is 2.57 bits per heavy atom. The summed E-state index contributed by atoms with van der Waals surface area (Å²) in [4.78, 5) is 12.7. The summed E-state index contributed by atoms with van der Waals surface area (Å²) in [6, 6.07) is 10.2. The van der Waals surface area contributed by atoms with E-state index >= 15 is 0 Å². The molecule has 0 bridgehead atoms. The van der Waals surface area contributed by atoms with E-state index in [9.17, 15) is 0 Å². The summed E-state index contributed by atoms with van der Waals surface area (Å²) in [5, 5.41) is 0. The van der Waals surface area contributed by atoms with Gasteiger partial charge in [-0.2, -0.15) is 0 Å². The number of rotatable bonds is 6. The van der Waals surface area contributed by atoms with Gasteiger partial charge in [0.1, 0.15) is 5.76 Å². The van der Waals surface area contributed by atoms with Crippen molar-refractivity contribution in [2.75, 3.05) is 6.61 Å². The van der Waals surface area contributed by atoms with Gasteiger partial charge in [-0.25, -0.2) is 15.0 Å². The first-order valence-corrected chi connectivity index (χ1v) is 7.81. The topological polar surface area (TPSA) is 61.0 Å². The Morgan fingerprint density at radius 2 is 1.87 bits per heavy atom. The molecule has 0 unspecified atom stereocenters. The van der Waals surface area contributed by atoms with E-state index in [1.54, 1.807) is 12.4 Å². The van der Waals surface area contributed by atoms with Gasteiger partial charge in [-0.05, 0) is 19.1 Å². The molecule has 1 aromatic carbocycles. The molecule has 0 amide bonds. The van der Waals surface area contributed by atoms with Crippen LogP contribution in [0.25, 0.3) is 11.5 Å². The molecule has 0 saturated heterocycles. The fourth-order valence-corrected chi connectivity index (χ4v) is 2.23. The molecule has 0 N–H and O–H groups in total. The van der Waals surface area contributed by atoms with Crippen LogP contribution in [0.5, 0.6) is 6.01 Å². The lowest BCUT2D eigenvalue weighted by Crippen LogP contribution is -2.05. The highest BCUT2D eigenvalue weighted by molar-refractivity contribution is 6.17. The summed E-state index contributed by atoms with van der Waals surface area (Å²) in [5.41, 5.74) is 2.70. The van der Waals surface area contributed by atoms with Crippen molar-refractivity contribution >= 4 is 11.6 Å². The number of halogens is 1. The maximum Gasteiger partial charge on any atom is 0.316 e. The molecule has 3 aromatic rings. The number of benzene rings is 1. The second-order valence-electron chi connectivity index (χ2n) is 4.99. The number of hydrogen-bond acceptors (Lipinski definition) is 5. The monoisotopic (exact) mass is 329 g/mol. The summed E-state index contributed by atoms with van der Waals surface area (Å²) in [6.07, 6.45) is 3.94. The maximum absolute atomic E-state index is 5.72. The highest BCUT2D eigenvalue weighted by Gasteiger charge is 2.11. The number of oxazole rings is 1. The third-order valence-corrected chi connectivity index (χ3v) is 3.63. The molecule has 0 atom stereocenters. The third-order valence-electron chi connectivity index (χ3n) is 3.32. The van der Waals surface area contributed by atoms with Crippen molar-refractivity contribution in [1.82, 2.24) is 15.0 Å². The Kier molecular flexibility index (Phi) is 4.88. The number of alkyl halides is 1. The van der Waals surface area contributed by atoms with Crippen molar-refractivity contribution in [2.24, 2.45) is 0 Å². The van der Waals surface area contributed by atoms with E-state index in [2.05, 4.69) is 15.0 Å². The summed E-state index contributed by atoms with van der Waals surface area (Å²) in [5.74, 6) is 1.81. The van der Waals surface area contributed by atoms with Crippen LogP contribution >= 0.6 is 11.6 Å². The van der Waals surface area contributed by atoms with Gasteiger partial charge in [0.05, 0.1) is 18.2 Å². The van der Waals surface area contributed by atoms with Gasteiger partial charge in [-0.3, -0.25) is 0 Å². The lowest BCUT2D eigenvalue weighted by Gasteiger charge is -2.03.